The average molecular weight is 474 g/mol. The third-order valence-electron chi connectivity index (χ3n) is 5.49. The van der Waals surface area contributed by atoms with Crippen LogP contribution < -0.4 is 10.6 Å². The summed E-state index contributed by atoms with van der Waals surface area (Å²) in [5, 5.41) is 19.0. The van der Waals surface area contributed by atoms with Crippen LogP contribution in [0.5, 0.6) is 0 Å². The van der Waals surface area contributed by atoms with Gasteiger partial charge < -0.3 is 20.5 Å². The van der Waals surface area contributed by atoms with Gasteiger partial charge in [0, 0.05) is 17.3 Å². The summed E-state index contributed by atoms with van der Waals surface area (Å²) in [6.07, 6.45) is -3.94. The molecule has 1 aromatic heterocycles. The van der Waals surface area contributed by atoms with Crippen LogP contribution in [-0.4, -0.2) is 45.4 Å². The Balaban J connectivity index is 1.93. The van der Waals surface area contributed by atoms with Crippen LogP contribution >= 0.6 is 0 Å². The van der Waals surface area contributed by atoms with Gasteiger partial charge in [-0.25, -0.2) is 9.48 Å². The van der Waals surface area contributed by atoms with Gasteiger partial charge in [0.15, 0.2) is 0 Å². The number of aliphatic hydroxyl groups is 1. The molecule has 4 rings (SSSR count). The number of benzene rings is 2. The Bertz CT molecular complexity index is 1180. The maximum absolute atomic E-state index is 14.0. The number of hydrogen-bond donors (Lipinski definition) is 3. The van der Waals surface area contributed by atoms with Crippen LogP contribution in [0.4, 0.5) is 18.0 Å². The summed E-state index contributed by atoms with van der Waals surface area (Å²) in [5.41, 5.74) is -2.39. The van der Waals surface area contributed by atoms with Crippen LogP contribution in [-0.2, 0) is 9.53 Å². The second-order valence-corrected chi connectivity index (χ2v) is 7.65. The number of carbonyl (C=O) groups excluding carboxylic acids is 2. The minimum absolute atomic E-state index is 0.102. The van der Waals surface area contributed by atoms with Crippen molar-refractivity contribution < 1.29 is 32.6 Å². The normalized spacial score (nSPS) is 22.6. The van der Waals surface area contributed by atoms with Gasteiger partial charge in [-0.3, -0.25) is 4.79 Å². The SMILES string of the molecule is CCOC(=O)[C@@H]1[C@H](c2cn(-c3ccccc3)nc2-c2ccccc2)NC(=O)N[C@@]1(O)C(F)(F)F. The molecule has 1 saturated heterocycles. The fourth-order valence-electron chi connectivity index (χ4n) is 3.94. The summed E-state index contributed by atoms with van der Waals surface area (Å²) in [7, 11) is 0. The highest BCUT2D eigenvalue weighted by Gasteiger charge is 2.67. The number of urea groups is 1. The van der Waals surface area contributed by atoms with E-state index in [-0.39, 0.29) is 17.9 Å². The number of aromatic nitrogens is 2. The predicted molar refractivity (Wildman–Crippen MR) is 115 cm³/mol. The molecule has 1 aliphatic heterocycles. The van der Waals surface area contributed by atoms with Crippen molar-refractivity contribution in [1.82, 2.24) is 20.4 Å². The lowest BCUT2D eigenvalue weighted by Gasteiger charge is -2.44. The standard InChI is InChI=1S/C23H21F3N4O4/c1-2-34-20(31)17-19(27-21(32)28-22(17,33)23(24,25)26)16-13-30(15-11-7-4-8-12-15)29-18(16)14-9-5-3-6-10-14/h3-13,17,19,33H,2H2,1H3,(H2,27,28,32)/t17-,19-,22-/m0/s1. The molecule has 2 amide bonds. The Morgan fingerprint density at radius 3 is 2.35 bits per heavy atom. The van der Waals surface area contributed by atoms with Gasteiger partial charge in [0.2, 0.25) is 0 Å². The number of ether oxygens (including phenoxy) is 1. The maximum atomic E-state index is 14.0. The molecule has 0 saturated carbocycles. The maximum Gasteiger partial charge on any atom is 0.437 e. The number of carbonyl (C=O) groups is 2. The van der Waals surface area contributed by atoms with Crippen LogP contribution in [0.15, 0.2) is 66.9 Å². The van der Waals surface area contributed by atoms with E-state index in [1.54, 1.807) is 60.7 Å². The van der Waals surface area contributed by atoms with Crippen molar-refractivity contribution in [1.29, 1.82) is 0 Å². The van der Waals surface area contributed by atoms with E-state index in [1.807, 2.05) is 0 Å². The molecule has 0 unspecified atom stereocenters. The minimum atomic E-state index is -5.37. The van der Waals surface area contributed by atoms with Gasteiger partial charge in [-0.1, -0.05) is 48.5 Å². The number of amides is 2. The lowest BCUT2D eigenvalue weighted by atomic mass is 9.81. The van der Waals surface area contributed by atoms with Gasteiger partial charge in [0.1, 0.15) is 5.92 Å². The van der Waals surface area contributed by atoms with E-state index in [0.29, 0.717) is 11.3 Å². The number of alkyl halides is 3. The summed E-state index contributed by atoms with van der Waals surface area (Å²) in [5.74, 6) is -3.58. The molecule has 2 aromatic carbocycles. The highest BCUT2D eigenvalue weighted by Crippen LogP contribution is 2.45. The van der Waals surface area contributed by atoms with Crippen LogP contribution in [0.3, 0.4) is 0 Å². The molecule has 0 aliphatic carbocycles. The van der Waals surface area contributed by atoms with E-state index >= 15 is 0 Å². The Kier molecular flexibility index (Phi) is 6.05. The lowest BCUT2D eigenvalue weighted by molar-refractivity contribution is -0.294. The second-order valence-electron chi connectivity index (χ2n) is 7.65. The largest absolute Gasteiger partial charge is 0.466 e. The average Bonchev–Trinajstić information content (AvgIpc) is 3.24. The molecule has 11 heteroatoms. The van der Waals surface area contributed by atoms with E-state index in [4.69, 9.17) is 4.74 Å². The summed E-state index contributed by atoms with van der Waals surface area (Å²) >= 11 is 0. The zero-order valence-corrected chi connectivity index (χ0v) is 17.9. The zero-order valence-electron chi connectivity index (χ0n) is 17.9. The molecule has 0 bridgehead atoms. The van der Waals surface area contributed by atoms with Crippen LogP contribution in [0.1, 0.15) is 18.5 Å². The lowest BCUT2D eigenvalue weighted by Crippen LogP contribution is -2.73. The van der Waals surface area contributed by atoms with Crippen LogP contribution in [0, 0.1) is 5.92 Å². The number of rotatable bonds is 5. The van der Waals surface area contributed by atoms with Gasteiger partial charge in [-0.05, 0) is 19.1 Å². The number of esters is 1. The quantitative estimate of drug-likeness (QED) is 0.492. The zero-order chi connectivity index (χ0) is 24.5. The van der Waals surface area contributed by atoms with Crippen molar-refractivity contribution >= 4 is 12.0 Å². The summed E-state index contributed by atoms with van der Waals surface area (Å²) < 4.78 is 48.3. The van der Waals surface area contributed by atoms with E-state index in [0.717, 1.165) is 0 Å². The van der Waals surface area contributed by atoms with Crippen molar-refractivity contribution in [2.75, 3.05) is 6.61 Å². The summed E-state index contributed by atoms with van der Waals surface area (Å²) in [6.45, 7) is 1.20. The Labute approximate surface area is 192 Å². The first kappa shape index (κ1) is 23.3. The predicted octanol–water partition coefficient (Wildman–Crippen LogP) is 3.32. The molecular weight excluding hydrogens is 453 g/mol. The molecule has 2 heterocycles. The van der Waals surface area contributed by atoms with E-state index in [9.17, 15) is 27.9 Å². The third kappa shape index (κ3) is 4.10. The van der Waals surface area contributed by atoms with Crippen molar-refractivity contribution in [3.05, 3.63) is 72.4 Å². The number of nitrogens with one attached hydrogen (secondary N) is 2. The Morgan fingerprint density at radius 1 is 1.15 bits per heavy atom. The van der Waals surface area contributed by atoms with Gasteiger partial charge in [0.05, 0.1) is 24.0 Å². The molecule has 1 fully saturated rings. The van der Waals surface area contributed by atoms with Gasteiger partial charge >= 0.3 is 18.2 Å². The van der Waals surface area contributed by atoms with Crippen molar-refractivity contribution in [2.45, 2.75) is 24.9 Å². The monoisotopic (exact) mass is 474 g/mol. The van der Waals surface area contributed by atoms with E-state index in [2.05, 4.69) is 10.4 Å². The van der Waals surface area contributed by atoms with Gasteiger partial charge in [-0.15, -0.1) is 0 Å². The van der Waals surface area contributed by atoms with Gasteiger partial charge in [-0.2, -0.15) is 18.3 Å². The van der Waals surface area contributed by atoms with Crippen LogP contribution in [0.2, 0.25) is 0 Å². The topological polar surface area (TPSA) is 105 Å². The second kappa shape index (κ2) is 8.82. The highest BCUT2D eigenvalue weighted by atomic mass is 19.4. The number of nitrogens with zero attached hydrogens (tertiary/aromatic N) is 2. The van der Waals surface area contributed by atoms with Crippen molar-refractivity contribution in [3.8, 4) is 16.9 Å². The molecule has 3 N–H and O–H groups in total. The molecular formula is C23H21F3N4O4. The summed E-state index contributed by atoms with van der Waals surface area (Å²) in [4.78, 5) is 25.1. The Hall–Kier alpha value is -3.86. The molecule has 0 radical (unpaired) electrons. The molecule has 34 heavy (non-hydrogen) atoms. The fourth-order valence-corrected chi connectivity index (χ4v) is 3.94. The fraction of sp³-hybridized carbons (Fsp3) is 0.261. The highest BCUT2D eigenvalue weighted by molar-refractivity contribution is 5.84. The minimum Gasteiger partial charge on any atom is -0.466 e. The first-order valence-corrected chi connectivity index (χ1v) is 10.4. The number of para-hydroxylation sites is 1. The molecule has 178 valence electrons. The molecule has 1 aliphatic rings. The van der Waals surface area contributed by atoms with Crippen molar-refractivity contribution in [3.63, 3.8) is 0 Å². The number of hydrogen-bond acceptors (Lipinski definition) is 5. The van der Waals surface area contributed by atoms with Crippen molar-refractivity contribution in [2.24, 2.45) is 5.92 Å². The van der Waals surface area contributed by atoms with Gasteiger partial charge in [0.25, 0.3) is 5.72 Å². The molecule has 3 atom stereocenters. The van der Waals surface area contributed by atoms with E-state index in [1.165, 1.54) is 23.1 Å². The first-order valence-electron chi connectivity index (χ1n) is 10.4. The molecule has 8 nitrogen and oxygen atoms in total. The van der Waals surface area contributed by atoms with E-state index < -0.39 is 35.9 Å². The smallest absolute Gasteiger partial charge is 0.437 e. The van der Waals surface area contributed by atoms with Crippen LogP contribution in [0.25, 0.3) is 16.9 Å². The number of halogens is 3. The Morgan fingerprint density at radius 2 is 1.76 bits per heavy atom. The molecule has 3 aromatic rings. The first-order chi connectivity index (χ1) is 16.2. The molecule has 0 spiro atoms. The summed E-state index contributed by atoms with van der Waals surface area (Å²) in [6, 6.07) is 14.5. The third-order valence-corrected chi connectivity index (χ3v) is 5.49.